The van der Waals surface area contributed by atoms with E-state index in [4.69, 9.17) is 80.5 Å². The molecule has 0 aromatic carbocycles. The summed E-state index contributed by atoms with van der Waals surface area (Å²) in [5.74, 6) is -4.29. The summed E-state index contributed by atoms with van der Waals surface area (Å²) in [7, 11) is 0. The van der Waals surface area contributed by atoms with Crippen LogP contribution < -0.4 is 5.32 Å². The minimum atomic E-state index is -2.28. The summed E-state index contributed by atoms with van der Waals surface area (Å²) in [4.78, 5) is 44.7. The molecule has 5 aliphatic carbocycles. The van der Waals surface area contributed by atoms with Crippen molar-refractivity contribution >= 4 is 17.8 Å². The second-order valence-electron chi connectivity index (χ2n) is 40.3. The van der Waals surface area contributed by atoms with Gasteiger partial charge in [0.15, 0.2) is 50.1 Å². The molecule has 131 heavy (non-hydrogen) atoms. The Morgan fingerprint density at radius 1 is 0.511 bits per heavy atom. The predicted molar refractivity (Wildman–Crippen MR) is 436 cm³/mol. The summed E-state index contributed by atoms with van der Waals surface area (Å²) in [6.45, 7) is 18.5. The highest BCUT2D eigenvalue weighted by Gasteiger charge is 2.74. The number of amides is 1. The fourth-order valence-corrected chi connectivity index (χ4v) is 23.2. The van der Waals surface area contributed by atoms with Crippen molar-refractivity contribution in [1.82, 2.24) is 5.32 Å². The van der Waals surface area contributed by atoms with Crippen LogP contribution in [-0.4, -0.2) is 433 Å². The van der Waals surface area contributed by atoms with E-state index < -0.39 is 354 Å². The predicted octanol–water partition coefficient (Wildman–Crippen LogP) is -7.49. The van der Waals surface area contributed by atoms with Crippen molar-refractivity contribution < 1.29 is 212 Å². The van der Waals surface area contributed by atoms with Gasteiger partial charge in [0.05, 0.1) is 81.8 Å². The number of allylic oxidation sites excluding steroid dienone is 3. The third kappa shape index (κ3) is 19.6. The first-order valence-corrected chi connectivity index (χ1v) is 45.3. The van der Waals surface area contributed by atoms with Crippen LogP contribution in [0, 0.1) is 50.2 Å². The number of carbonyl (C=O) groups excluding carboxylic acids is 3. The summed E-state index contributed by atoms with van der Waals surface area (Å²) in [5, 5.41) is 258. The molecule has 750 valence electrons. The van der Waals surface area contributed by atoms with Gasteiger partial charge >= 0.3 is 11.9 Å². The smallest absolute Gasteiger partial charge is 0.336 e. The molecule has 0 aromatic heterocycles. The summed E-state index contributed by atoms with van der Waals surface area (Å²) in [6.07, 6.45) is -60.7. The van der Waals surface area contributed by atoms with Crippen LogP contribution in [0.5, 0.6) is 0 Å². The van der Waals surface area contributed by atoms with E-state index in [1.165, 1.54) is 32.9 Å². The molecule has 8 aliphatic heterocycles. The maximum absolute atomic E-state index is 16.7. The Bertz CT molecular complexity index is 3940. The lowest BCUT2D eigenvalue weighted by Gasteiger charge is -2.72. The van der Waals surface area contributed by atoms with Crippen LogP contribution in [0.25, 0.3) is 0 Å². The molecule has 0 aromatic rings. The first-order chi connectivity index (χ1) is 61.5. The number of rotatable bonds is 28. The van der Waals surface area contributed by atoms with Gasteiger partial charge in [-0.05, 0) is 118 Å². The van der Waals surface area contributed by atoms with E-state index in [1.54, 1.807) is 20.8 Å². The second-order valence-corrected chi connectivity index (χ2v) is 40.3. The lowest BCUT2D eigenvalue weighted by Crippen LogP contribution is -2.70. The molecule has 0 radical (unpaired) electrons. The first-order valence-electron chi connectivity index (χ1n) is 45.3. The molecule has 13 rings (SSSR count). The third-order valence-corrected chi connectivity index (χ3v) is 31.5. The van der Waals surface area contributed by atoms with Crippen molar-refractivity contribution in [3.8, 4) is 0 Å². The number of hydrogen-bond donors (Lipinski definition) is 24. The Labute approximate surface area is 756 Å². The number of esters is 2. The van der Waals surface area contributed by atoms with E-state index in [2.05, 4.69) is 52.6 Å². The van der Waals surface area contributed by atoms with E-state index in [1.807, 2.05) is 0 Å². The van der Waals surface area contributed by atoms with Crippen molar-refractivity contribution in [3.63, 3.8) is 0 Å². The standard InChI is InChI=1S/C87H139NO43/c1-13-83(9,131-74-63(109)53(99)40(95)31-116-74)20-14-15-36(26-89)71(113)124-49-25-87(80(114)130-79-70(61(107)55(101)42(28-91)122-79)129-77-66(112)68(127-76-65(111)59(105)54(100)41(27-90)120-76)67(34(3)119-77)126-75-64(110)56(102)43(29-92)121-75)38(23-81(49,5)6)37-16-17-46-84(10)21-19-48(82(7,8)45(84)18-22-85(46,11)86(37,12)24-47(87)96)125-72-50(88-35(4)93)58(104)57(103)44(123-72)32-117-78-69(60(106)51(97)33(2)118-78)128-73-62(108)52(98)39(94)30-115-73/h13,15-16,33-34,38-70,72-79,89-92,94-112H,1,14,17-32H2,2-12H3,(H,88,93)/b36-15-/t33-,34+,38?,39-,40-,41-,42+,43+,44+,45?,46?,47+,48-,49-,50+,51+,52+,53+,54-,55+,56+,57+,58+,59+,60+,61-,62-,63-,64-,65-,66-,67+,68+,69-,70-,72-,73+,74+,75+,76+,77+,78-,79-,83?,84?,85?,86+,87?/m0/s1. The van der Waals surface area contributed by atoms with E-state index >= 15 is 4.79 Å². The second kappa shape index (κ2) is 40.7. The van der Waals surface area contributed by atoms with Gasteiger partial charge in [0.25, 0.3) is 0 Å². The molecule has 44 nitrogen and oxygen atoms in total. The highest BCUT2D eigenvalue weighted by Crippen LogP contribution is 2.76. The van der Waals surface area contributed by atoms with Gasteiger partial charge in [-0.25, -0.2) is 4.79 Å². The zero-order valence-corrected chi connectivity index (χ0v) is 75.2. The first kappa shape index (κ1) is 104. The SMILES string of the molecule is C=CC(C)(CC/C=C(/CO)C(=O)O[C@H]1CC2(C(=O)O[C@@H]3O[C@H](CO)[C@@H](O)[C@H](O)[C@@H]3O[C@H]3O[C@H](C)[C@@H](O[C@H]4O[C@H](CO)[C@@H](O)[C@@H]4O)[C@H](O[C@H]4O[C@@H](CO)[C@H](O)[C@@H](O)[C@@H]4O)[C@@H]3O)C(CC1(C)C)C1=CCC3C4(C)CC[C@H](O[C@@H]5O[C@H](CO[C@H]6O[C@@H](C)[C@@H](O)[C@@H](O)[C@@H]6O[C@H]6OC[C@H](O)[C@@H](O)[C@@H]6O)[C@@H](O)[C@H](O)[C@H]5NC(C)=O)C(C)(C)C4CCC3(C)[C@]1(C)C[C@H]2O)O[C@H]1OC[C@H](O)[C@@H](O)[C@@H]1O. The number of carbonyl (C=O) groups is 3. The van der Waals surface area contributed by atoms with E-state index in [-0.39, 0.29) is 49.7 Å². The third-order valence-electron chi connectivity index (χ3n) is 31.5. The maximum atomic E-state index is 16.7. The zero-order chi connectivity index (χ0) is 96.1. The van der Waals surface area contributed by atoms with Gasteiger partial charge in [-0.2, -0.15) is 0 Å². The Kier molecular flexibility index (Phi) is 32.5. The van der Waals surface area contributed by atoms with Gasteiger partial charge in [-0.15, -0.1) is 6.58 Å². The number of ether oxygens (including phenoxy) is 17. The van der Waals surface area contributed by atoms with Crippen molar-refractivity contribution in [2.24, 2.45) is 50.2 Å². The molecule has 1 amide bonds. The quantitative estimate of drug-likeness (QED) is 0.0150. The molecule has 0 bridgehead atoms. The molecular weight excluding hydrogens is 1750 g/mol. The maximum Gasteiger partial charge on any atom is 0.336 e. The minimum absolute atomic E-state index is 0.0140. The number of fused-ring (bicyclic) bond motifs is 7. The van der Waals surface area contributed by atoms with Crippen LogP contribution in [0.15, 0.2) is 36.0 Å². The molecule has 0 spiro atoms. The molecule has 24 N–H and O–H groups in total. The van der Waals surface area contributed by atoms with Gasteiger partial charge in [0.2, 0.25) is 12.2 Å². The molecule has 8 saturated heterocycles. The molecular formula is C87H139NO43. The summed E-state index contributed by atoms with van der Waals surface area (Å²) < 4.78 is 104. The average molecular weight is 1890 g/mol. The van der Waals surface area contributed by atoms with Gasteiger partial charge in [-0.1, -0.05) is 72.3 Å². The summed E-state index contributed by atoms with van der Waals surface area (Å²) >= 11 is 0. The van der Waals surface area contributed by atoms with Crippen molar-refractivity contribution in [2.75, 3.05) is 46.2 Å². The monoisotopic (exact) mass is 1890 g/mol. The summed E-state index contributed by atoms with van der Waals surface area (Å²) in [6, 6.07) is -1.37. The zero-order valence-electron chi connectivity index (χ0n) is 75.2. The van der Waals surface area contributed by atoms with E-state index in [0.717, 1.165) is 5.57 Å². The normalized spacial score (nSPS) is 50.4. The number of hydrogen-bond acceptors (Lipinski definition) is 43. The molecule has 48 atom stereocenters. The van der Waals surface area contributed by atoms with Crippen LogP contribution >= 0.6 is 0 Å². The number of aliphatic hydroxyl groups excluding tert-OH is 23. The van der Waals surface area contributed by atoms with Gasteiger partial charge in [0, 0.05) is 18.8 Å². The molecule has 4 saturated carbocycles. The Morgan fingerprint density at radius 2 is 1.03 bits per heavy atom. The van der Waals surface area contributed by atoms with Crippen LogP contribution in [-0.2, 0) is 94.9 Å². The van der Waals surface area contributed by atoms with Crippen LogP contribution in [0.4, 0.5) is 0 Å². The van der Waals surface area contributed by atoms with Gasteiger partial charge in [0.1, 0.15) is 170 Å². The van der Waals surface area contributed by atoms with Crippen molar-refractivity contribution in [3.05, 3.63) is 36.0 Å². The van der Waals surface area contributed by atoms with Gasteiger partial charge < -0.3 is 203 Å². The largest absolute Gasteiger partial charge is 0.458 e. The topological polar surface area (TPSA) is 685 Å². The van der Waals surface area contributed by atoms with Crippen LogP contribution in [0.1, 0.15) is 140 Å². The minimum Gasteiger partial charge on any atom is -0.458 e. The van der Waals surface area contributed by atoms with Crippen LogP contribution in [0.3, 0.4) is 0 Å². The molecule has 8 heterocycles. The van der Waals surface area contributed by atoms with E-state index in [9.17, 15) is 127 Å². The highest BCUT2D eigenvalue weighted by molar-refractivity contribution is 5.89. The fraction of sp³-hybridized carbons (Fsp3) is 0.897. The molecule has 7 unspecified atom stereocenters. The number of aliphatic hydroxyl groups is 23. The average Bonchev–Trinajstić information content (AvgIpc) is 0.883. The summed E-state index contributed by atoms with van der Waals surface area (Å²) in [5.41, 5.74) is -7.27. The number of nitrogens with one attached hydrogen (secondary N) is 1. The van der Waals surface area contributed by atoms with Gasteiger partial charge in [-0.3, -0.25) is 9.59 Å². The molecule has 13 aliphatic rings. The fourth-order valence-electron chi connectivity index (χ4n) is 23.2. The van der Waals surface area contributed by atoms with Crippen molar-refractivity contribution in [1.29, 1.82) is 0 Å². The Hall–Kier alpha value is -3.89. The lowest BCUT2D eigenvalue weighted by atomic mass is 9.33. The lowest BCUT2D eigenvalue weighted by molar-refractivity contribution is -0.390. The van der Waals surface area contributed by atoms with E-state index in [0.29, 0.717) is 32.1 Å². The Morgan fingerprint density at radius 3 is 1.64 bits per heavy atom. The van der Waals surface area contributed by atoms with Crippen molar-refractivity contribution in [2.45, 2.75) is 392 Å². The molecule has 12 fully saturated rings. The Balaban J connectivity index is 0.798. The van der Waals surface area contributed by atoms with Crippen LogP contribution in [0.2, 0.25) is 0 Å². The molecule has 44 heteroatoms. The highest BCUT2D eigenvalue weighted by atomic mass is 16.8.